The van der Waals surface area contributed by atoms with Gasteiger partial charge < -0.3 is 11.1 Å². The van der Waals surface area contributed by atoms with E-state index in [0.29, 0.717) is 6.54 Å². The summed E-state index contributed by atoms with van der Waals surface area (Å²) in [5.74, 6) is 0. The Morgan fingerprint density at radius 3 is 3.00 bits per heavy atom. The van der Waals surface area contributed by atoms with E-state index in [1.165, 1.54) is 10.9 Å². The van der Waals surface area contributed by atoms with Crippen molar-refractivity contribution in [2.45, 2.75) is 6.54 Å². The molecule has 78 valence electrons. The molecule has 0 aliphatic rings. The van der Waals surface area contributed by atoms with E-state index in [2.05, 4.69) is 22.4 Å². The summed E-state index contributed by atoms with van der Waals surface area (Å²) in [6, 6.07) is 10.3. The molecule has 0 saturated carbocycles. The molecule has 1 aromatic carbocycles. The third kappa shape index (κ3) is 2.32. The molecule has 0 aliphatic heterocycles. The van der Waals surface area contributed by atoms with E-state index in [4.69, 9.17) is 5.73 Å². The highest BCUT2D eigenvalue weighted by Gasteiger charge is 1.99. The molecule has 0 spiro atoms. The van der Waals surface area contributed by atoms with Crippen molar-refractivity contribution in [3.8, 4) is 0 Å². The zero-order valence-corrected chi connectivity index (χ0v) is 8.61. The van der Waals surface area contributed by atoms with Gasteiger partial charge in [0.1, 0.15) is 0 Å². The Morgan fingerprint density at radius 2 is 2.13 bits per heavy atom. The van der Waals surface area contributed by atoms with E-state index in [0.717, 1.165) is 18.6 Å². The van der Waals surface area contributed by atoms with Gasteiger partial charge in [0.25, 0.3) is 0 Å². The van der Waals surface area contributed by atoms with Crippen molar-refractivity contribution in [3.63, 3.8) is 0 Å². The first kappa shape index (κ1) is 10.1. The van der Waals surface area contributed by atoms with Crippen LogP contribution >= 0.6 is 0 Å². The van der Waals surface area contributed by atoms with Gasteiger partial charge in [0.05, 0.1) is 5.52 Å². The third-order valence-electron chi connectivity index (χ3n) is 2.37. The summed E-state index contributed by atoms with van der Waals surface area (Å²) >= 11 is 0. The number of benzene rings is 1. The number of aromatic nitrogens is 1. The molecule has 0 amide bonds. The van der Waals surface area contributed by atoms with Crippen LogP contribution in [0.1, 0.15) is 5.56 Å². The number of nitrogens with two attached hydrogens (primary N) is 1. The number of nitrogens with zero attached hydrogens (tertiary/aromatic N) is 1. The molecule has 15 heavy (non-hydrogen) atoms. The molecule has 3 N–H and O–H groups in total. The van der Waals surface area contributed by atoms with Crippen LogP contribution in [0.15, 0.2) is 36.5 Å². The van der Waals surface area contributed by atoms with Gasteiger partial charge in [-0.3, -0.25) is 4.98 Å². The Kier molecular flexibility index (Phi) is 3.27. The van der Waals surface area contributed by atoms with Crippen molar-refractivity contribution < 1.29 is 0 Å². The molecular formula is C12H15N3. The van der Waals surface area contributed by atoms with Gasteiger partial charge >= 0.3 is 0 Å². The molecule has 0 unspecified atom stereocenters. The molecule has 0 saturated heterocycles. The first-order valence-corrected chi connectivity index (χ1v) is 5.15. The van der Waals surface area contributed by atoms with Crippen LogP contribution in [0.25, 0.3) is 10.9 Å². The van der Waals surface area contributed by atoms with Crippen LogP contribution in [0.5, 0.6) is 0 Å². The van der Waals surface area contributed by atoms with Crippen molar-refractivity contribution in [2.75, 3.05) is 13.1 Å². The molecule has 1 heterocycles. The van der Waals surface area contributed by atoms with Crippen molar-refractivity contribution >= 4 is 10.9 Å². The van der Waals surface area contributed by atoms with Gasteiger partial charge in [0, 0.05) is 31.2 Å². The number of fused-ring (bicyclic) bond motifs is 1. The Bertz CT molecular complexity index is 434. The summed E-state index contributed by atoms with van der Waals surface area (Å²) in [4.78, 5) is 4.32. The average molecular weight is 201 g/mol. The van der Waals surface area contributed by atoms with Gasteiger partial charge in [0.15, 0.2) is 0 Å². The van der Waals surface area contributed by atoms with Gasteiger partial charge in [-0.1, -0.05) is 18.2 Å². The van der Waals surface area contributed by atoms with Crippen LogP contribution in [0, 0.1) is 0 Å². The lowest BCUT2D eigenvalue weighted by molar-refractivity contribution is 0.698. The van der Waals surface area contributed by atoms with E-state index in [9.17, 15) is 0 Å². The van der Waals surface area contributed by atoms with Crippen molar-refractivity contribution in [2.24, 2.45) is 5.73 Å². The summed E-state index contributed by atoms with van der Waals surface area (Å²) in [7, 11) is 0. The van der Waals surface area contributed by atoms with Crippen LogP contribution in [-0.4, -0.2) is 18.1 Å². The maximum atomic E-state index is 5.43. The summed E-state index contributed by atoms with van der Waals surface area (Å²) < 4.78 is 0. The van der Waals surface area contributed by atoms with Crippen LogP contribution < -0.4 is 11.1 Å². The molecule has 2 rings (SSSR count). The van der Waals surface area contributed by atoms with E-state index in [-0.39, 0.29) is 0 Å². The fourth-order valence-electron chi connectivity index (χ4n) is 1.65. The van der Waals surface area contributed by atoms with Crippen LogP contribution in [0.3, 0.4) is 0 Å². The zero-order chi connectivity index (χ0) is 10.5. The normalized spacial score (nSPS) is 10.7. The Balaban J connectivity index is 2.26. The molecule has 0 radical (unpaired) electrons. The van der Waals surface area contributed by atoms with E-state index < -0.39 is 0 Å². The maximum Gasteiger partial charge on any atom is 0.0705 e. The van der Waals surface area contributed by atoms with Gasteiger partial charge in [-0.2, -0.15) is 0 Å². The van der Waals surface area contributed by atoms with Crippen LogP contribution in [-0.2, 0) is 6.54 Å². The average Bonchev–Trinajstić information content (AvgIpc) is 2.30. The van der Waals surface area contributed by atoms with Gasteiger partial charge in [0.2, 0.25) is 0 Å². The molecule has 3 heteroatoms. The summed E-state index contributed by atoms with van der Waals surface area (Å²) in [6.07, 6.45) is 1.82. The van der Waals surface area contributed by atoms with Crippen molar-refractivity contribution in [1.82, 2.24) is 10.3 Å². The molecule has 1 aromatic heterocycles. The minimum absolute atomic E-state index is 0.670. The second-order valence-electron chi connectivity index (χ2n) is 3.45. The second-order valence-corrected chi connectivity index (χ2v) is 3.45. The van der Waals surface area contributed by atoms with E-state index >= 15 is 0 Å². The minimum atomic E-state index is 0.670. The number of rotatable bonds is 4. The Labute approximate surface area is 89.3 Å². The lowest BCUT2D eigenvalue weighted by atomic mass is 10.1. The van der Waals surface area contributed by atoms with Crippen molar-refractivity contribution in [1.29, 1.82) is 0 Å². The Morgan fingerprint density at radius 1 is 1.20 bits per heavy atom. The first-order valence-electron chi connectivity index (χ1n) is 5.15. The monoisotopic (exact) mass is 201 g/mol. The molecule has 3 nitrogen and oxygen atoms in total. The zero-order valence-electron chi connectivity index (χ0n) is 8.61. The first-order chi connectivity index (χ1) is 7.42. The summed E-state index contributed by atoms with van der Waals surface area (Å²) in [5, 5.41) is 4.50. The molecule has 2 aromatic rings. The van der Waals surface area contributed by atoms with Gasteiger partial charge in [-0.25, -0.2) is 0 Å². The predicted molar refractivity (Wildman–Crippen MR) is 62.5 cm³/mol. The molecule has 0 atom stereocenters. The highest BCUT2D eigenvalue weighted by molar-refractivity contribution is 5.81. The number of pyridine rings is 1. The number of hydrogen-bond acceptors (Lipinski definition) is 3. The molecular weight excluding hydrogens is 186 g/mol. The predicted octanol–water partition coefficient (Wildman–Crippen LogP) is 1.28. The lowest BCUT2D eigenvalue weighted by Gasteiger charge is -2.06. The fraction of sp³-hybridized carbons (Fsp3) is 0.250. The van der Waals surface area contributed by atoms with Crippen LogP contribution in [0.4, 0.5) is 0 Å². The highest BCUT2D eigenvalue weighted by atomic mass is 14.9. The summed E-state index contributed by atoms with van der Waals surface area (Å²) in [6.45, 7) is 2.36. The number of nitrogens with one attached hydrogen (secondary N) is 1. The fourth-order valence-corrected chi connectivity index (χ4v) is 1.65. The third-order valence-corrected chi connectivity index (χ3v) is 2.37. The van der Waals surface area contributed by atoms with E-state index in [1.54, 1.807) is 0 Å². The van der Waals surface area contributed by atoms with Crippen molar-refractivity contribution in [3.05, 3.63) is 42.1 Å². The van der Waals surface area contributed by atoms with Gasteiger partial charge in [-0.15, -0.1) is 0 Å². The van der Waals surface area contributed by atoms with Crippen LogP contribution in [0.2, 0.25) is 0 Å². The highest BCUT2D eigenvalue weighted by Crippen LogP contribution is 2.15. The maximum absolute atomic E-state index is 5.43. The summed E-state index contributed by atoms with van der Waals surface area (Å²) in [5.41, 5.74) is 7.75. The lowest BCUT2D eigenvalue weighted by Crippen LogP contribution is -2.21. The SMILES string of the molecule is NCCNCc1cccc2ncccc12. The smallest absolute Gasteiger partial charge is 0.0705 e. The second kappa shape index (κ2) is 4.87. The minimum Gasteiger partial charge on any atom is -0.329 e. The van der Waals surface area contributed by atoms with E-state index in [1.807, 2.05) is 24.4 Å². The topological polar surface area (TPSA) is 50.9 Å². The molecule has 0 aliphatic carbocycles. The molecule has 0 bridgehead atoms. The standard InChI is InChI=1S/C12H15N3/c13-6-8-14-9-10-3-1-5-12-11(10)4-2-7-15-12/h1-5,7,14H,6,8-9,13H2. The largest absolute Gasteiger partial charge is 0.329 e. The number of hydrogen-bond donors (Lipinski definition) is 2. The van der Waals surface area contributed by atoms with Gasteiger partial charge in [-0.05, 0) is 17.7 Å². The Hall–Kier alpha value is -1.45. The molecule has 0 fully saturated rings. The quantitative estimate of drug-likeness (QED) is 0.733.